The predicted octanol–water partition coefficient (Wildman–Crippen LogP) is 3.81. The summed E-state index contributed by atoms with van der Waals surface area (Å²) in [5, 5.41) is 10.6. The molecule has 0 saturated heterocycles. The van der Waals surface area contributed by atoms with Crippen LogP contribution in [-0.2, 0) is 11.4 Å². The van der Waals surface area contributed by atoms with Crippen LogP contribution in [0.15, 0.2) is 52.1 Å². The van der Waals surface area contributed by atoms with E-state index in [4.69, 9.17) is 18.6 Å². The first-order valence-corrected chi connectivity index (χ1v) is 9.84. The highest BCUT2D eigenvalue weighted by molar-refractivity contribution is 8.00. The molecule has 8 nitrogen and oxygen atoms in total. The molecule has 2 aromatic carbocycles. The van der Waals surface area contributed by atoms with Crippen molar-refractivity contribution in [3.8, 4) is 17.2 Å². The monoisotopic (exact) mass is 413 g/mol. The summed E-state index contributed by atoms with van der Waals surface area (Å²) in [6.45, 7) is 4.10. The van der Waals surface area contributed by atoms with E-state index in [2.05, 4.69) is 15.5 Å². The van der Waals surface area contributed by atoms with Crippen molar-refractivity contribution < 1.29 is 23.4 Å². The van der Waals surface area contributed by atoms with E-state index in [1.165, 1.54) is 11.8 Å². The Morgan fingerprint density at radius 1 is 1.21 bits per heavy atom. The van der Waals surface area contributed by atoms with Gasteiger partial charge >= 0.3 is 0 Å². The molecule has 0 fully saturated rings. The van der Waals surface area contributed by atoms with Gasteiger partial charge in [-0.25, -0.2) is 0 Å². The second kappa shape index (κ2) is 8.44. The Kier molecular flexibility index (Phi) is 5.57. The van der Waals surface area contributed by atoms with Crippen LogP contribution in [-0.4, -0.2) is 28.1 Å². The number of carbonyl (C=O) groups excluding carboxylic acids is 1. The molecule has 150 valence electrons. The van der Waals surface area contributed by atoms with E-state index < -0.39 is 5.25 Å². The largest absolute Gasteiger partial charge is 0.484 e. The van der Waals surface area contributed by atoms with E-state index in [9.17, 15) is 4.79 Å². The molecule has 0 spiro atoms. The van der Waals surface area contributed by atoms with Crippen LogP contribution in [0.2, 0.25) is 0 Å². The lowest BCUT2D eigenvalue weighted by Crippen LogP contribution is -2.22. The van der Waals surface area contributed by atoms with Gasteiger partial charge in [-0.1, -0.05) is 23.9 Å². The molecule has 1 N–H and O–H groups in total. The summed E-state index contributed by atoms with van der Waals surface area (Å²) in [5.74, 6) is 2.16. The molecule has 0 unspecified atom stereocenters. The number of ether oxygens (including phenoxy) is 3. The zero-order valence-electron chi connectivity index (χ0n) is 15.9. The number of carbonyl (C=O) groups is 1. The van der Waals surface area contributed by atoms with Crippen molar-refractivity contribution in [2.45, 2.75) is 30.9 Å². The normalized spacial score (nSPS) is 13.2. The van der Waals surface area contributed by atoms with Crippen molar-refractivity contribution in [3.63, 3.8) is 0 Å². The standard InChI is InChI=1S/C20H19N3O5S/c1-12-4-3-5-15(8-12)25-10-18-22-23-20(28-18)29-13(2)19(24)21-14-6-7-16-17(9-14)27-11-26-16/h3-9,13H,10-11H2,1-2H3,(H,21,24)/t13-/m1/s1. The van der Waals surface area contributed by atoms with E-state index in [1.807, 2.05) is 31.2 Å². The fourth-order valence-electron chi connectivity index (χ4n) is 2.62. The lowest BCUT2D eigenvalue weighted by molar-refractivity contribution is -0.115. The average molecular weight is 413 g/mol. The number of thioether (sulfide) groups is 1. The van der Waals surface area contributed by atoms with Crippen LogP contribution in [0.3, 0.4) is 0 Å². The smallest absolute Gasteiger partial charge is 0.277 e. The Morgan fingerprint density at radius 3 is 2.93 bits per heavy atom. The molecule has 0 saturated carbocycles. The van der Waals surface area contributed by atoms with Gasteiger partial charge in [-0.2, -0.15) is 0 Å². The molecular formula is C20H19N3O5S. The van der Waals surface area contributed by atoms with E-state index in [0.717, 1.165) is 11.3 Å². The van der Waals surface area contributed by atoms with Crippen LogP contribution in [0.1, 0.15) is 18.4 Å². The third kappa shape index (κ3) is 4.80. The Morgan fingerprint density at radius 2 is 2.07 bits per heavy atom. The minimum atomic E-state index is -0.439. The average Bonchev–Trinajstić information content (AvgIpc) is 3.35. The first kappa shape index (κ1) is 19.1. The third-order valence-electron chi connectivity index (χ3n) is 4.09. The molecule has 1 aliphatic heterocycles. The van der Waals surface area contributed by atoms with Gasteiger partial charge in [0.2, 0.25) is 12.7 Å². The summed E-state index contributed by atoms with van der Waals surface area (Å²) in [6.07, 6.45) is 0. The molecule has 29 heavy (non-hydrogen) atoms. The van der Waals surface area contributed by atoms with E-state index in [-0.39, 0.29) is 19.3 Å². The number of aryl methyl sites for hydroxylation is 1. The molecule has 0 bridgehead atoms. The molecular weight excluding hydrogens is 394 g/mol. The fraction of sp³-hybridized carbons (Fsp3) is 0.250. The number of amides is 1. The van der Waals surface area contributed by atoms with Gasteiger partial charge in [0.15, 0.2) is 18.1 Å². The number of rotatable bonds is 7. The molecule has 0 aliphatic carbocycles. The van der Waals surface area contributed by atoms with Crippen molar-refractivity contribution in [3.05, 3.63) is 53.9 Å². The van der Waals surface area contributed by atoms with Gasteiger partial charge in [0, 0.05) is 11.8 Å². The van der Waals surface area contributed by atoms with Crippen LogP contribution in [0.25, 0.3) is 0 Å². The highest BCUT2D eigenvalue weighted by atomic mass is 32.2. The molecule has 3 aromatic rings. The summed E-state index contributed by atoms with van der Waals surface area (Å²) in [5.41, 5.74) is 1.73. The van der Waals surface area contributed by atoms with Crippen molar-refractivity contribution in [2.75, 3.05) is 12.1 Å². The van der Waals surface area contributed by atoms with Crippen molar-refractivity contribution >= 4 is 23.4 Å². The van der Waals surface area contributed by atoms with E-state index in [1.54, 1.807) is 25.1 Å². The highest BCUT2D eigenvalue weighted by Gasteiger charge is 2.20. The number of fused-ring (bicyclic) bond motifs is 1. The van der Waals surface area contributed by atoms with Gasteiger partial charge in [0.05, 0.1) is 5.25 Å². The summed E-state index contributed by atoms with van der Waals surface area (Å²) in [6, 6.07) is 12.9. The summed E-state index contributed by atoms with van der Waals surface area (Å²) >= 11 is 1.18. The quantitative estimate of drug-likeness (QED) is 0.584. The number of nitrogens with zero attached hydrogens (tertiary/aromatic N) is 2. The first-order valence-electron chi connectivity index (χ1n) is 8.96. The Balaban J connectivity index is 1.30. The predicted molar refractivity (Wildman–Crippen MR) is 106 cm³/mol. The molecule has 1 aromatic heterocycles. The Bertz CT molecular complexity index is 1020. The molecule has 0 radical (unpaired) electrons. The minimum absolute atomic E-state index is 0.161. The summed E-state index contributed by atoms with van der Waals surface area (Å²) < 4.78 is 21.8. The summed E-state index contributed by atoms with van der Waals surface area (Å²) in [7, 11) is 0. The lowest BCUT2D eigenvalue weighted by Gasteiger charge is -2.10. The van der Waals surface area contributed by atoms with Gasteiger partial charge in [0.1, 0.15) is 5.75 Å². The van der Waals surface area contributed by atoms with Crippen molar-refractivity contribution in [1.82, 2.24) is 10.2 Å². The SMILES string of the molecule is Cc1cccc(OCc2nnc(S[C@H](C)C(=O)Nc3ccc4c(c3)OCO4)o2)c1. The first-order chi connectivity index (χ1) is 14.1. The molecule has 4 rings (SSSR count). The van der Waals surface area contributed by atoms with Crippen LogP contribution in [0.5, 0.6) is 17.2 Å². The van der Waals surface area contributed by atoms with Gasteiger partial charge in [-0.3, -0.25) is 4.79 Å². The Labute approximate surface area is 171 Å². The zero-order chi connectivity index (χ0) is 20.2. The Hall–Kier alpha value is -3.20. The number of hydrogen-bond donors (Lipinski definition) is 1. The third-order valence-corrected chi connectivity index (χ3v) is 5.02. The van der Waals surface area contributed by atoms with Crippen LogP contribution < -0.4 is 19.5 Å². The van der Waals surface area contributed by atoms with Gasteiger partial charge < -0.3 is 23.9 Å². The number of aromatic nitrogens is 2. The van der Waals surface area contributed by atoms with Crippen LogP contribution in [0.4, 0.5) is 5.69 Å². The molecule has 9 heteroatoms. The van der Waals surface area contributed by atoms with Crippen molar-refractivity contribution in [1.29, 1.82) is 0 Å². The molecule has 1 atom stereocenters. The number of nitrogens with one attached hydrogen (secondary N) is 1. The second-order valence-corrected chi connectivity index (χ2v) is 7.68. The zero-order valence-corrected chi connectivity index (χ0v) is 16.7. The molecule has 1 amide bonds. The number of hydrogen-bond acceptors (Lipinski definition) is 8. The maximum Gasteiger partial charge on any atom is 0.277 e. The maximum absolute atomic E-state index is 12.4. The van der Waals surface area contributed by atoms with E-state index >= 15 is 0 Å². The van der Waals surface area contributed by atoms with Gasteiger partial charge in [0.25, 0.3) is 11.1 Å². The van der Waals surface area contributed by atoms with Crippen molar-refractivity contribution in [2.24, 2.45) is 0 Å². The molecule has 2 heterocycles. The highest BCUT2D eigenvalue weighted by Crippen LogP contribution is 2.34. The minimum Gasteiger partial charge on any atom is -0.484 e. The van der Waals surface area contributed by atoms with Gasteiger partial charge in [-0.15, -0.1) is 10.2 Å². The number of anilines is 1. The lowest BCUT2D eigenvalue weighted by atomic mass is 10.2. The van der Waals surface area contributed by atoms with Crippen LogP contribution in [0, 0.1) is 6.92 Å². The molecule has 1 aliphatic rings. The maximum atomic E-state index is 12.4. The van der Waals surface area contributed by atoms with E-state index in [0.29, 0.717) is 28.3 Å². The number of benzene rings is 2. The second-order valence-electron chi connectivity index (χ2n) is 6.38. The summed E-state index contributed by atoms with van der Waals surface area (Å²) in [4.78, 5) is 12.4. The topological polar surface area (TPSA) is 95.7 Å². The van der Waals surface area contributed by atoms with Crippen LogP contribution >= 0.6 is 11.8 Å². The van der Waals surface area contributed by atoms with Gasteiger partial charge in [-0.05, 0) is 43.7 Å². The fourth-order valence-corrected chi connectivity index (χ4v) is 3.32.